The van der Waals surface area contributed by atoms with Gasteiger partial charge in [0.1, 0.15) is 5.75 Å². The number of carboxylic acids is 2. The number of carboxylic acid groups (broad SMARTS) is 2. The van der Waals surface area contributed by atoms with E-state index in [-0.39, 0.29) is 17.7 Å². The summed E-state index contributed by atoms with van der Waals surface area (Å²) in [6, 6.07) is 14.0. The van der Waals surface area contributed by atoms with Crippen LogP contribution >= 0.6 is 0 Å². The summed E-state index contributed by atoms with van der Waals surface area (Å²) in [7, 11) is 0. The molecule has 0 radical (unpaired) electrons. The summed E-state index contributed by atoms with van der Waals surface area (Å²) in [5, 5.41) is 27.7. The van der Waals surface area contributed by atoms with Gasteiger partial charge >= 0.3 is 11.9 Å². The highest BCUT2D eigenvalue weighted by atomic mass is 16.4. The number of hydrogen-bond acceptors (Lipinski definition) is 4. The van der Waals surface area contributed by atoms with Gasteiger partial charge in [-0.3, -0.25) is 9.69 Å². The van der Waals surface area contributed by atoms with E-state index in [0.29, 0.717) is 25.9 Å². The van der Waals surface area contributed by atoms with E-state index in [1.807, 2.05) is 12.1 Å². The van der Waals surface area contributed by atoms with Crippen molar-refractivity contribution in [2.75, 3.05) is 13.1 Å². The first kappa shape index (κ1) is 20.5. The summed E-state index contributed by atoms with van der Waals surface area (Å²) >= 11 is 0. The molecule has 0 amide bonds. The van der Waals surface area contributed by atoms with E-state index < -0.39 is 11.9 Å². The number of aliphatic carboxylic acids is 1. The normalized spacial score (nSPS) is 10.9. The molecule has 0 aliphatic carbocycles. The SMILES string of the molecule is O=C(O)CCCCN(CCc1ccccc1O)Cc1ccc(C(=O)O)cc1. The minimum Gasteiger partial charge on any atom is -0.508 e. The fourth-order valence-corrected chi connectivity index (χ4v) is 2.89. The molecule has 6 nitrogen and oxygen atoms in total. The number of aromatic hydroxyl groups is 1. The third-order valence-electron chi connectivity index (χ3n) is 4.41. The van der Waals surface area contributed by atoms with Crippen LogP contribution in [-0.2, 0) is 17.8 Å². The summed E-state index contributed by atoms with van der Waals surface area (Å²) in [6.07, 6.45) is 2.21. The molecule has 6 heteroatoms. The molecular formula is C21H25NO5. The highest BCUT2D eigenvalue weighted by Gasteiger charge is 2.10. The van der Waals surface area contributed by atoms with E-state index >= 15 is 0 Å². The molecule has 0 atom stereocenters. The molecule has 0 saturated heterocycles. The smallest absolute Gasteiger partial charge is 0.335 e. The lowest BCUT2D eigenvalue weighted by molar-refractivity contribution is -0.137. The molecule has 0 saturated carbocycles. The van der Waals surface area contributed by atoms with Crippen LogP contribution in [0.25, 0.3) is 0 Å². The third-order valence-corrected chi connectivity index (χ3v) is 4.41. The van der Waals surface area contributed by atoms with Crippen LogP contribution in [0.5, 0.6) is 5.75 Å². The molecule has 0 aromatic heterocycles. The fourth-order valence-electron chi connectivity index (χ4n) is 2.89. The van der Waals surface area contributed by atoms with Gasteiger partial charge in [0.15, 0.2) is 0 Å². The van der Waals surface area contributed by atoms with Gasteiger partial charge in [-0.15, -0.1) is 0 Å². The van der Waals surface area contributed by atoms with Crippen molar-refractivity contribution < 1.29 is 24.9 Å². The Balaban J connectivity index is 1.98. The van der Waals surface area contributed by atoms with Gasteiger partial charge in [-0.25, -0.2) is 4.79 Å². The Morgan fingerprint density at radius 2 is 1.59 bits per heavy atom. The number of carbonyl (C=O) groups is 2. The molecule has 0 aliphatic rings. The van der Waals surface area contributed by atoms with Gasteiger partial charge in [-0.05, 0) is 55.1 Å². The summed E-state index contributed by atoms with van der Waals surface area (Å²) in [5.74, 6) is -1.47. The van der Waals surface area contributed by atoms with Crippen LogP contribution in [-0.4, -0.2) is 45.2 Å². The van der Waals surface area contributed by atoms with Gasteiger partial charge in [0.05, 0.1) is 5.56 Å². The summed E-state index contributed by atoms with van der Waals surface area (Å²) < 4.78 is 0. The lowest BCUT2D eigenvalue weighted by Gasteiger charge is -2.23. The molecule has 0 spiro atoms. The van der Waals surface area contributed by atoms with E-state index in [1.54, 1.807) is 36.4 Å². The van der Waals surface area contributed by atoms with Crippen molar-refractivity contribution >= 4 is 11.9 Å². The van der Waals surface area contributed by atoms with Gasteiger partial charge in [0.25, 0.3) is 0 Å². The van der Waals surface area contributed by atoms with Crippen LogP contribution in [0.4, 0.5) is 0 Å². The summed E-state index contributed by atoms with van der Waals surface area (Å²) in [6.45, 7) is 2.09. The summed E-state index contributed by atoms with van der Waals surface area (Å²) in [4.78, 5) is 23.9. The molecule has 2 rings (SSSR count). The minimum absolute atomic E-state index is 0.153. The van der Waals surface area contributed by atoms with Crippen LogP contribution < -0.4 is 0 Å². The van der Waals surface area contributed by atoms with Gasteiger partial charge in [-0.1, -0.05) is 30.3 Å². The maximum Gasteiger partial charge on any atom is 0.335 e. The third kappa shape index (κ3) is 7.11. The van der Waals surface area contributed by atoms with Crippen molar-refractivity contribution in [3.8, 4) is 5.75 Å². The maximum absolute atomic E-state index is 11.0. The van der Waals surface area contributed by atoms with E-state index in [2.05, 4.69) is 4.90 Å². The van der Waals surface area contributed by atoms with Gasteiger partial charge < -0.3 is 15.3 Å². The van der Waals surface area contributed by atoms with Gasteiger partial charge in [-0.2, -0.15) is 0 Å². The zero-order chi connectivity index (χ0) is 19.6. The lowest BCUT2D eigenvalue weighted by atomic mass is 10.1. The van der Waals surface area contributed by atoms with Gasteiger partial charge in [0.2, 0.25) is 0 Å². The quantitative estimate of drug-likeness (QED) is 0.524. The number of benzene rings is 2. The zero-order valence-corrected chi connectivity index (χ0v) is 15.2. The first-order chi connectivity index (χ1) is 13.0. The number of hydrogen-bond donors (Lipinski definition) is 3. The molecule has 2 aromatic carbocycles. The van der Waals surface area contributed by atoms with Crippen molar-refractivity contribution in [2.45, 2.75) is 32.2 Å². The second kappa shape index (κ2) is 10.3. The molecule has 0 bridgehead atoms. The Labute approximate surface area is 158 Å². The Morgan fingerprint density at radius 1 is 0.889 bits per heavy atom. The molecule has 0 aliphatic heterocycles. The number of para-hydroxylation sites is 1. The standard InChI is InChI=1S/C21H25NO5/c23-19-6-2-1-5-17(19)12-14-22(13-4-3-7-20(24)25)15-16-8-10-18(11-9-16)21(26)27/h1-2,5-6,8-11,23H,3-4,7,12-15H2,(H,24,25)(H,26,27). The zero-order valence-electron chi connectivity index (χ0n) is 15.2. The monoisotopic (exact) mass is 371 g/mol. The van der Waals surface area contributed by atoms with Crippen molar-refractivity contribution in [3.05, 3.63) is 65.2 Å². The number of aromatic carboxylic acids is 1. The molecule has 0 fully saturated rings. The largest absolute Gasteiger partial charge is 0.508 e. The minimum atomic E-state index is -0.952. The number of phenolic OH excluding ortho intramolecular Hbond substituents is 1. The number of rotatable bonds is 11. The van der Waals surface area contributed by atoms with Gasteiger partial charge in [0, 0.05) is 19.5 Å². The van der Waals surface area contributed by atoms with Crippen molar-refractivity contribution in [1.29, 1.82) is 0 Å². The van der Waals surface area contributed by atoms with Crippen LogP contribution in [0, 0.1) is 0 Å². The first-order valence-electron chi connectivity index (χ1n) is 8.99. The lowest BCUT2D eigenvalue weighted by Crippen LogP contribution is -2.27. The van der Waals surface area contributed by atoms with Crippen molar-refractivity contribution in [3.63, 3.8) is 0 Å². The fraction of sp³-hybridized carbons (Fsp3) is 0.333. The average molecular weight is 371 g/mol. The molecule has 144 valence electrons. The second-order valence-electron chi connectivity index (χ2n) is 6.51. The highest BCUT2D eigenvalue weighted by molar-refractivity contribution is 5.87. The maximum atomic E-state index is 11.0. The van der Waals surface area contributed by atoms with E-state index in [0.717, 1.165) is 24.1 Å². The van der Waals surface area contributed by atoms with Crippen molar-refractivity contribution in [2.24, 2.45) is 0 Å². The first-order valence-corrected chi connectivity index (χ1v) is 8.99. The van der Waals surface area contributed by atoms with Crippen LogP contribution in [0.15, 0.2) is 48.5 Å². The van der Waals surface area contributed by atoms with E-state index in [1.165, 1.54) is 0 Å². The molecular weight excluding hydrogens is 346 g/mol. The van der Waals surface area contributed by atoms with Crippen LogP contribution in [0.2, 0.25) is 0 Å². The Hall–Kier alpha value is -2.86. The molecule has 27 heavy (non-hydrogen) atoms. The molecule has 3 N–H and O–H groups in total. The molecule has 0 heterocycles. The average Bonchev–Trinajstić information content (AvgIpc) is 2.64. The number of nitrogens with zero attached hydrogens (tertiary/aromatic N) is 1. The highest BCUT2D eigenvalue weighted by Crippen LogP contribution is 2.17. The van der Waals surface area contributed by atoms with Crippen molar-refractivity contribution in [1.82, 2.24) is 4.90 Å². The Kier molecular flexibility index (Phi) is 7.82. The van der Waals surface area contributed by atoms with Crippen LogP contribution in [0.3, 0.4) is 0 Å². The van der Waals surface area contributed by atoms with E-state index in [9.17, 15) is 14.7 Å². The predicted molar refractivity (Wildman–Crippen MR) is 102 cm³/mol. The Bertz CT molecular complexity index is 757. The summed E-state index contributed by atoms with van der Waals surface area (Å²) in [5.41, 5.74) is 2.12. The topological polar surface area (TPSA) is 98.1 Å². The predicted octanol–water partition coefficient (Wildman–Crippen LogP) is 3.39. The van der Waals surface area contributed by atoms with Crippen LogP contribution in [0.1, 0.15) is 40.7 Å². The van der Waals surface area contributed by atoms with E-state index in [4.69, 9.17) is 10.2 Å². The number of phenols is 1. The molecule has 0 unspecified atom stereocenters. The number of unbranched alkanes of at least 4 members (excludes halogenated alkanes) is 1. The molecule has 2 aromatic rings. The Morgan fingerprint density at radius 3 is 2.22 bits per heavy atom. The second-order valence-corrected chi connectivity index (χ2v) is 6.51.